The molecule has 0 amide bonds. The van der Waals surface area contributed by atoms with Gasteiger partial charge in [0.15, 0.2) is 0 Å². The van der Waals surface area contributed by atoms with E-state index in [2.05, 4.69) is 21.8 Å². The van der Waals surface area contributed by atoms with Gasteiger partial charge < -0.3 is 14.6 Å². The quantitative estimate of drug-likeness (QED) is 0.920. The van der Waals surface area contributed by atoms with E-state index in [9.17, 15) is 0 Å². The summed E-state index contributed by atoms with van der Waals surface area (Å²) >= 11 is 0. The molecule has 1 aromatic rings. The van der Waals surface area contributed by atoms with Crippen LogP contribution in [0.25, 0.3) is 0 Å². The van der Waals surface area contributed by atoms with Crippen LogP contribution in [-0.2, 0) is 11.3 Å². The number of rotatable bonds is 4. The Morgan fingerprint density at radius 3 is 3.00 bits per heavy atom. The Kier molecular flexibility index (Phi) is 4.41. The van der Waals surface area contributed by atoms with Crippen LogP contribution in [0.3, 0.4) is 0 Å². The number of nitrogens with one attached hydrogen (secondary N) is 1. The summed E-state index contributed by atoms with van der Waals surface area (Å²) in [6, 6.07) is 1.09. The van der Waals surface area contributed by atoms with Gasteiger partial charge in [0, 0.05) is 37.6 Å². The van der Waals surface area contributed by atoms with E-state index < -0.39 is 0 Å². The van der Waals surface area contributed by atoms with Crippen LogP contribution < -0.4 is 5.32 Å². The Morgan fingerprint density at radius 2 is 2.25 bits per heavy atom. The standard InChI is InChI=1S/C16H27N3O/c1-14(12-19-9-8-17-13-19)18-15-5-10-20-16(11-15)6-3-2-4-7-16/h8-9,13-15,18H,2-7,10-12H2,1H3. The second kappa shape index (κ2) is 6.27. The Bertz CT molecular complexity index is 392. The van der Waals surface area contributed by atoms with Gasteiger partial charge in [0.1, 0.15) is 0 Å². The van der Waals surface area contributed by atoms with Gasteiger partial charge in [-0.1, -0.05) is 19.3 Å². The van der Waals surface area contributed by atoms with Gasteiger partial charge >= 0.3 is 0 Å². The van der Waals surface area contributed by atoms with E-state index in [0.717, 1.165) is 19.6 Å². The van der Waals surface area contributed by atoms with Crippen molar-refractivity contribution in [2.75, 3.05) is 6.61 Å². The Labute approximate surface area is 121 Å². The van der Waals surface area contributed by atoms with Crippen LogP contribution in [0.4, 0.5) is 0 Å². The van der Waals surface area contributed by atoms with E-state index in [-0.39, 0.29) is 5.60 Å². The molecule has 0 aromatic carbocycles. The number of ether oxygens (including phenoxy) is 1. The zero-order valence-electron chi connectivity index (χ0n) is 12.6. The molecule has 112 valence electrons. The molecule has 0 radical (unpaired) electrons. The van der Waals surface area contributed by atoms with Gasteiger partial charge in [-0.3, -0.25) is 0 Å². The van der Waals surface area contributed by atoms with Crippen LogP contribution in [0.5, 0.6) is 0 Å². The van der Waals surface area contributed by atoms with Crippen molar-refractivity contribution in [3.05, 3.63) is 18.7 Å². The summed E-state index contributed by atoms with van der Waals surface area (Å²) < 4.78 is 8.32. The highest BCUT2D eigenvalue weighted by Gasteiger charge is 2.38. The van der Waals surface area contributed by atoms with Gasteiger partial charge in [-0.25, -0.2) is 4.98 Å². The van der Waals surface area contributed by atoms with Crippen LogP contribution in [0.1, 0.15) is 51.9 Å². The van der Waals surface area contributed by atoms with Crippen molar-refractivity contribution in [1.82, 2.24) is 14.9 Å². The lowest BCUT2D eigenvalue weighted by molar-refractivity contribution is -0.110. The van der Waals surface area contributed by atoms with Gasteiger partial charge in [-0.2, -0.15) is 0 Å². The predicted octanol–water partition coefficient (Wildman–Crippen LogP) is 2.74. The van der Waals surface area contributed by atoms with Crippen molar-refractivity contribution < 1.29 is 4.74 Å². The zero-order valence-corrected chi connectivity index (χ0v) is 12.6. The van der Waals surface area contributed by atoms with E-state index in [1.54, 1.807) is 0 Å². The number of nitrogens with zero attached hydrogens (tertiary/aromatic N) is 2. The molecule has 4 heteroatoms. The van der Waals surface area contributed by atoms with E-state index in [0.29, 0.717) is 12.1 Å². The molecular weight excluding hydrogens is 250 g/mol. The summed E-state index contributed by atoms with van der Waals surface area (Å²) in [5, 5.41) is 3.80. The Hall–Kier alpha value is -0.870. The maximum Gasteiger partial charge on any atom is 0.0946 e. The Balaban J connectivity index is 1.51. The lowest BCUT2D eigenvalue weighted by Gasteiger charge is -2.44. The smallest absolute Gasteiger partial charge is 0.0946 e. The van der Waals surface area contributed by atoms with Crippen LogP contribution in [0.15, 0.2) is 18.7 Å². The summed E-state index contributed by atoms with van der Waals surface area (Å²) in [6.45, 7) is 4.18. The Morgan fingerprint density at radius 1 is 1.40 bits per heavy atom. The van der Waals surface area contributed by atoms with Crippen molar-refractivity contribution in [2.45, 2.75) is 76.1 Å². The molecule has 0 bridgehead atoms. The first-order valence-electron chi connectivity index (χ1n) is 8.12. The zero-order chi connectivity index (χ0) is 13.8. The third kappa shape index (κ3) is 3.41. The number of imidazole rings is 1. The summed E-state index contributed by atoms with van der Waals surface area (Å²) in [7, 11) is 0. The topological polar surface area (TPSA) is 39.1 Å². The van der Waals surface area contributed by atoms with Gasteiger partial charge in [0.2, 0.25) is 0 Å². The first kappa shape index (κ1) is 14.1. The summed E-state index contributed by atoms with van der Waals surface area (Å²) in [4.78, 5) is 4.11. The molecular formula is C16H27N3O. The lowest BCUT2D eigenvalue weighted by atomic mass is 9.78. The van der Waals surface area contributed by atoms with Crippen molar-refractivity contribution in [2.24, 2.45) is 0 Å². The first-order valence-corrected chi connectivity index (χ1v) is 8.12. The summed E-state index contributed by atoms with van der Waals surface area (Å²) in [5.74, 6) is 0. The first-order chi connectivity index (χ1) is 9.76. The van der Waals surface area contributed by atoms with Crippen LogP contribution in [0.2, 0.25) is 0 Å². The SMILES string of the molecule is CC(Cn1ccnc1)NC1CCOC2(CCCCC2)C1. The largest absolute Gasteiger partial charge is 0.375 e. The minimum Gasteiger partial charge on any atom is -0.375 e. The van der Waals surface area contributed by atoms with Crippen LogP contribution in [-0.4, -0.2) is 33.8 Å². The summed E-state index contributed by atoms with van der Waals surface area (Å²) in [5.41, 5.74) is 0.197. The van der Waals surface area contributed by atoms with Gasteiger partial charge in [-0.15, -0.1) is 0 Å². The minimum absolute atomic E-state index is 0.197. The molecule has 2 heterocycles. The molecule has 1 N–H and O–H groups in total. The maximum absolute atomic E-state index is 6.17. The van der Waals surface area contributed by atoms with E-state index in [4.69, 9.17) is 4.74 Å². The molecule has 2 unspecified atom stereocenters. The lowest BCUT2D eigenvalue weighted by Crippen LogP contribution is -2.50. The van der Waals surface area contributed by atoms with Crippen molar-refractivity contribution in [1.29, 1.82) is 0 Å². The fourth-order valence-electron chi connectivity index (χ4n) is 3.88. The highest BCUT2D eigenvalue weighted by atomic mass is 16.5. The van der Waals surface area contributed by atoms with E-state index >= 15 is 0 Å². The molecule has 1 saturated heterocycles. The summed E-state index contributed by atoms with van der Waals surface area (Å²) in [6.07, 6.45) is 14.7. The molecule has 1 spiro atoms. The maximum atomic E-state index is 6.17. The van der Waals surface area contributed by atoms with Gasteiger partial charge in [0.25, 0.3) is 0 Å². The van der Waals surface area contributed by atoms with Crippen LogP contribution in [0, 0.1) is 0 Å². The van der Waals surface area contributed by atoms with Gasteiger partial charge in [0.05, 0.1) is 11.9 Å². The third-order valence-corrected chi connectivity index (χ3v) is 4.82. The molecule has 1 aliphatic heterocycles. The van der Waals surface area contributed by atoms with Crippen LogP contribution >= 0.6 is 0 Å². The van der Waals surface area contributed by atoms with Crippen molar-refractivity contribution >= 4 is 0 Å². The molecule has 2 atom stereocenters. The van der Waals surface area contributed by atoms with Crippen molar-refractivity contribution in [3.8, 4) is 0 Å². The molecule has 2 aliphatic rings. The average Bonchev–Trinajstić information content (AvgIpc) is 2.92. The fourth-order valence-corrected chi connectivity index (χ4v) is 3.88. The molecule has 20 heavy (non-hydrogen) atoms. The number of aromatic nitrogens is 2. The predicted molar refractivity (Wildman–Crippen MR) is 79.6 cm³/mol. The fraction of sp³-hybridized carbons (Fsp3) is 0.812. The number of hydrogen-bond acceptors (Lipinski definition) is 3. The van der Waals surface area contributed by atoms with Gasteiger partial charge in [-0.05, 0) is 32.6 Å². The highest BCUT2D eigenvalue weighted by molar-refractivity contribution is 4.92. The molecule has 1 aliphatic carbocycles. The third-order valence-electron chi connectivity index (χ3n) is 4.82. The average molecular weight is 277 g/mol. The second-order valence-corrected chi connectivity index (χ2v) is 6.61. The second-order valence-electron chi connectivity index (χ2n) is 6.61. The molecule has 1 aromatic heterocycles. The monoisotopic (exact) mass is 277 g/mol. The van der Waals surface area contributed by atoms with E-state index in [1.165, 1.54) is 38.5 Å². The normalized spacial score (nSPS) is 27.6. The van der Waals surface area contributed by atoms with Crippen molar-refractivity contribution in [3.63, 3.8) is 0 Å². The van der Waals surface area contributed by atoms with E-state index in [1.807, 2.05) is 18.7 Å². The number of hydrogen-bond donors (Lipinski definition) is 1. The molecule has 4 nitrogen and oxygen atoms in total. The molecule has 2 fully saturated rings. The molecule has 3 rings (SSSR count). The molecule has 1 saturated carbocycles. The highest BCUT2D eigenvalue weighted by Crippen LogP contribution is 2.38. The minimum atomic E-state index is 0.197.